The van der Waals surface area contributed by atoms with Crippen LogP contribution in [-0.2, 0) is 28.5 Å². The van der Waals surface area contributed by atoms with Gasteiger partial charge in [0, 0.05) is 18.2 Å². The molecule has 3 aliphatic heterocycles. The number of aliphatic hydroxyl groups excluding tert-OH is 6. The Morgan fingerprint density at radius 1 is 0.741 bits per heavy atom. The van der Waals surface area contributed by atoms with Crippen molar-refractivity contribution in [2.75, 3.05) is 13.2 Å². The normalized spacial score (nSPS) is 30.9. The maximum Gasteiger partial charge on any atom is 0.330 e. The number of aromatic hydroxyl groups is 6. The van der Waals surface area contributed by atoms with Crippen LogP contribution < -0.4 is 0 Å². The summed E-state index contributed by atoms with van der Waals surface area (Å²) in [6, 6.07) is 11.9. The van der Waals surface area contributed by atoms with Gasteiger partial charge in [0.1, 0.15) is 72.1 Å². The van der Waals surface area contributed by atoms with Crippen molar-refractivity contribution in [1.29, 1.82) is 0 Å². The molecule has 18 nitrogen and oxygen atoms in total. The van der Waals surface area contributed by atoms with Crippen molar-refractivity contribution < 1.29 is 89.4 Å². The second-order valence-corrected chi connectivity index (χ2v) is 12.7. The molecule has 2 saturated heterocycles. The van der Waals surface area contributed by atoms with Crippen molar-refractivity contribution in [3.63, 3.8) is 0 Å². The number of ether oxygens (including phenoxy) is 6. The van der Waals surface area contributed by atoms with Crippen molar-refractivity contribution in [3.05, 3.63) is 83.1 Å². The zero-order chi connectivity index (χ0) is 38.8. The van der Waals surface area contributed by atoms with Gasteiger partial charge in [-0.3, -0.25) is 0 Å². The van der Waals surface area contributed by atoms with Crippen LogP contribution >= 0.6 is 0 Å². The first kappa shape index (κ1) is 38.6. The number of phenols is 5. The van der Waals surface area contributed by atoms with Crippen LogP contribution in [0.4, 0.5) is 0 Å². The Kier molecular flexibility index (Phi) is 11.5. The van der Waals surface area contributed by atoms with Gasteiger partial charge in [-0.1, -0.05) is 12.1 Å². The zero-order valence-corrected chi connectivity index (χ0v) is 28.0. The molecule has 0 radical (unpaired) electrons. The minimum Gasteiger partial charge on any atom is -0.571 e. The molecule has 11 unspecified atom stereocenters. The summed E-state index contributed by atoms with van der Waals surface area (Å²) in [5.41, 5.74) is 0.843. The number of esters is 1. The number of carbonyl (C=O) groups is 1. The van der Waals surface area contributed by atoms with Gasteiger partial charge in [-0.25, -0.2) is 4.79 Å². The highest BCUT2D eigenvalue weighted by Crippen LogP contribution is 2.46. The quantitative estimate of drug-likeness (QED) is 0.0535. The smallest absolute Gasteiger partial charge is 0.330 e. The first-order valence-electron chi connectivity index (χ1n) is 16.5. The lowest BCUT2D eigenvalue weighted by molar-refractivity contribution is -0.364. The van der Waals surface area contributed by atoms with Crippen LogP contribution in [0.1, 0.15) is 22.8 Å². The van der Waals surface area contributed by atoms with Crippen molar-refractivity contribution in [2.45, 2.75) is 67.5 Å². The summed E-state index contributed by atoms with van der Waals surface area (Å²) in [7, 11) is 0. The highest BCUT2D eigenvalue weighted by atomic mass is 16.8. The minimum absolute atomic E-state index is 0.0211. The number of hydrogen-bond donors (Lipinski definition) is 11. The minimum atomic E-state index is -1.96. The first-order chi connectivity index (χ1) is 25.7. The van der Waals surface area contributed by atoms with Gasteiger partial charge in [-0.05, 0) is 42.0 Å². The second kappa shape index (κ2) is 16.1. The van der Waals surface area contributed by atoms with Gasteiger partial charge in [-0.15, -0.1) is 0 Å². The van der Waals surface area contributed by atoms with Gasteiger partial charge in [0.05, 0.1) is 18.2 Å². The molecule has 54 heavy (non-hydrogen) atoms. The number of fused-ring (bicyclic) bond motifs is 1. The van der Waals surface area contributed by atoms with E-state index in [0.29, 0.717) is 5.56 Å². The van der Waals surface area contributed by atoms with E-state index >= 15 is 0 Å². The predicted molar refractivity (Wildman–Crippen MR) is 180 cm³/mol. The summed E-state index contributed by atoms with van der Waals surface area (Å²) < 4.78 is 33.3. The summed E-state index contributed by atoms with van der Waals surface area (Å²) in [6.45, 7) is -1.45. The fourth-order valence-corrected chi connectivity index (χ4v) is 6.05. The van der Waals surface area contributed by atoms with Gasteiger partial charge in [-0.2, -0.15) is 0 Å². The second-order valence-electron chi connectivity index (χ2n) is 12.7. The Labute approximate surface area is 305 Å². The van der Waals surface area contributed by atoms with Gasteiger partial charge < -0.3 is 84.6 Å². The van der Waals surface area contributed by atoms with Crippen LogP contribution in [0.5, 0.6) is 34.5 Å². The molecule has 0 bridgehead atoms. The topological polar surface area (TPSA) is 299 Å². The Hall–Kier alpha value is -5.15. The average molecular weight is 760 g/mol. The highest BCUT2D eigenvalue weighted by molar-refractivity contribution is 5.87. The summed E-state index contributed by atoms with van der Waals surface area (Å²) >= 11 is 0. The molecule has 3 heterocycles. The summed E-state index contributed by atoms with van der Waals surface area (Å²) in [5, 5.41) is 114. The van der Waals surface area contributed by atoms with Crippen LogP contribution in [0.2, 0.25) is 0 Å². The molecule has 18 heteroatoms. The molecule has 6 rings (SSSR count). The Morgan fingerprint density at radius 3 is 2.15 bits per heavy atom. The molecule has 0 aromatic heterocycles. The lowest BCUT2D eigenvalue weighted by Crippen LogP contribution is -2.64. The van der Waals surface area contributed by atoms with E-state index in [1.54, 1.807) is 12.1 Å². The van der Waals surface area contributed by atoms with Crippen molar-refractivity contribution in [1.82, 2.24) is 0 Å². The van der Waals surface area contributed by atoms with Crippen molar-refractivity contribution >= 4 is 18.1 Å². The lowest BCUT2D eigenvalue weighted by Gasteiger charge is -2.46. The van der Waals surface area contributed by atoms with E-state index < -0.39 is 104 Å². The van der Waals surface area contributed by atoms with Crippen LogP contribution in [0.3, 0.4) is 0 Å². The molecule has 3 aromatic rings. The van der Waals surface area contributed by atoms with Gasteiger partial charge in [0.2, 0.25) is 6.29 Å². The molecule has 3 aromatic carbocycles. The summed E-state index contributed by atoms with van der Waals surface area (Å²) in [5.74, 6) is -2.61. The molecule has 3 aliphatic rings. The Bertz CT molecular complexity index is 1860. The van der Waals surface area contributed by atoms with E-state index in [1.807, 2.05) is 0 Å². The van der Waals surface area contributed by atoms with E-state index in [1.165, 1.54) is 48.6 Å². The largest absolute Gasteiger partial charge is 0.571 e. The number of carbonyl (C=O) groups excluding carboxylic acids is 1. The SMILES string of the molecule is O=C(C=Cc1ccc(O)cc1)OCC1OC(OC2=Cc3c(O)cc(O)cc3[OH+]C2c2ccc(O)c(O)c2)C(OC2OC(CO)C(O)C(O)C2O)C(O)C1O. The standard InChI is InChI=1S/C36H38O18/c37-13-25-28(44)30(46)32(48)35(52-25)54-34-31(47)29(45)26(14-49-27(43)8-3-15-1-5-17(38)6-2-15)53-36(34)51-24-12-19-21(41)10-18(39)11-23(19)50-33(24)16-4-7-20(40)22(42)9-16/h1-12,25-26,28-42,44-48H,13-14H2/p+1. The number of rotatable bonds is 10. The summed E-state index contributed by atoms with van der Waals surface area (Å²) in [6.07, 6.45) is -15.1. The van der Waals surface area contributed by atoms with E-state index in [9.17, 15) is 61.0 Å². The molecule has 0 amide bonds. The fraction of sp³-hybridized carbons (Fsp3) is 0.361. The van der Waals surface area contributed by atoms with Gasteiger partial charge >= 0.3 is 5.97 Å². The third kappa shape index (κ3) is 8.16. The maximum atomic E-state index is 12.6. The van der Waals surface area contributed by atoms with Gasteiger partial charge in [0.25, 0.3) is 11.9 Å². The number of aliphatic hydroxyl groups is 7. The van der Waals surface area contributed by atoms with E-state index in [-0.39, 0.29) is 34.1 Å². The number of benzene rings is 3. The Balaban J connectivity index is 1.31. The first-order valence-corrected chi connectivity index (χ1v) is 16.5. The number of hydrogen-bond acceptors (Lipinski definition) is 17. The lowest BCUT2D eigenvalue weighted by atomic mass is 9.97. The fourth-order valence-electron chi connectivity index (χ4n) is 6.05. The molecule has 0 saturated carbocycles. The van der Waals surface area contributed by atoms with E-state index in [2.05, 4.69) is 4.74 Å². The van der Waals surface area contributed by atoms with Gasteiger partial charge in [0.15, 0.2) is 29.7 Å². The molecule has 11 atom stereocenters. The van der Waals surface area contributed by atoms with Crippen molar-refractivity contribution in [3.8, 4) is 34.5 Å². The number of phenolic OH excluding ortho intramolecular Hbond substituents is 5. The molecule has 2 fully saturated rings. The third-order valence-corrected chi connectivity index (χ3v) is 8.99. The summed E-state index contributed by atoms with van der Waals surface area (Å²) in [4.78, 5) is 12.6. The Morgan fingerprint density at radius 2 is 1.44 bits per heavy atom. The molecule has 12 N–H and O–H groups in total. The average Bonchev–Trinajstić information content (AvgIpc) is 3.14. The van der Waals surface area contributed by atoms with Crippen molar-refractivity contribution in [2.24, 2.45) is 0 Å². The van der Waals surface area contributed by atoms with Crippen LogP contribution in [0.15, 0.2) is 66.4 Å². The van der Waals surface area contributed by atoms with Crippen LogP contribution in [-0.4, -0.2) is 142 Å². The van der Waals surface area contributed by atoms with Crippen LogP contribution in [0, 0.1) is 0 Å². The molecular formula is C36H39O18+. The molecule has 0 aliphatic carbocycles. The molecule has 290 valence electrons. The maximum absolute atomic E-state index is 12.6. The molecule has 0 spiro atoms. The van der Waals surface area contributed by atoms with E-state index in [4.69, 9.17) is 23.7 Å². The third-order valence-electron chi connectivity index (χ3n) is 8.99. The highest BCUT2D eigenvalue weighted by Gasteiger charge is 2.52. The molecular weight excluding hydrogens is 720 g/mol. The van der Waals surface area contributed by atoms with Crippen LogP contribution in [0.25, 0.3) is 12.2 Å². The predicted octanol–water partition coefficient (Wildman–Crippen LogP) is -0.543. The zero-order valence-electron chi connectivity index (χ0n) is 28.0. The van der Waals surface area contributed by atoms with E-state index in [0.717, 1.165) is 12.1 Å². The monoisotopic (exact) mass is 759 g/mol.